The number of nitrogens with zero attached hydrogens (tertiary/aromatic N) is 2. The summed E-state index contributed by atoms with van der Waals surface area (Å²) in [5, 5.41) is 17.1. The van der Waals surface area contributed by atoms with Crippen molar-refractivity contribution in [2.24, 2.45) is 7.05 Å². The summed E-state index contributed by atoms with van der Waals surface area (Å²) < 4.78 is 1.89. The molecule has 0 unspecified atom stereocenters. The van der Waals surface area contributed by atoms with Crippen LogP contribution in [0.2, 0.25) is 0 Å². The van der Waals surface area contributed by atoms with Crippen molar-refractivity contribution < 1.29 is 5.11 Å². The summed E-state index contributed by atoms with van der Waals surface area (Å²) in [6.45, 7) is 5.00. The summed E-state index contributed by atoms with van der Waals surface area (Å²) in [4.78, 5) is 1.14. The fourth-order valence-corrected chi connectivity index (χ4v) is 2.95. The fraction of sp³-hybridized carbons (Fsp3) is 0.357. The average molecular weight is 277 g/mol. The number of phenols is 1. The number of hydrogen-bond acceptors (Lipinski definition) is 4. The third kappa shape index (κ3) is 3.23. The Morgan fingerprint density at radius 2 is 2.00 bits per heavy atom. The summed E-state index contributed by atoms with van der Waals surface area (Å²) in [7, 11) is 1.96. The van der Waals surface area contributed by atoms with Gasteiger partial charge in [0, 0.05) is 29.8 Å². The lowest BCUT2D eigenvalue weighted by atomic mass is 10.3. The van der Waals surface area contributed by atoms with E-state index in [1.54, 1.807) is 23.9 Å². The van der Waals surface area contributed by atoms with E-state index in [4.69, 9.17) is 0 Å². The third-order valence-corrected chi connectivity index (χ3v) is 3.95. The van der Waals surface area contributed by atoms with Gasteiger partial charge in [0.1, 0.15) is 11.6 Å². The molecule has 0 bridgehead atoms. The number of aryl methyl sites for hydroxylation is 2. The molecule has 102 valence electrons. The van der Waals surface area contributed by atoms with Crippen molar-refractivity contribution in [2.75, 3.05) is 11.9 Å². The van der Waals surface area contributed by atoms with Gasteiger partial charge in [0.25, 0.3) is 0 Å². The Morgan fingerprint density at radius 3 is 2.63 bits per heavy atom. The summed E-state index contributed by atoms with van der Waals surface area (Å²) >= 11 is 1.75. The molecular weight excluding hydrogens is 258 g/mol. The molecule has 0 amide bonds. The summed E-state index contributed by atoms with van der Waals surface area (Å²) in [5.74, 6) is 2.26. The van der Waals surface area contributed by atoms with Gasteiger partial charge in [-0.15, -0.1) is 11.8 Å². The van der Waals surface area contributed by atoms with Crippen LogP contribution in [0.25, 0.3) is 0 Å². The zero-order valence-electron chi connectivity index (χ0n) is 11.5. The summed E-state index contributed by atoms with van der Waals surface area (Å²) in [6, 6.07) is 7.28. The fourth-order valence-electron chi connectivity index (χ4n) is 1.96. The van der Waals surface area contributed by atoms with E-state index in [0.717, 1.165) is 28.7 Å². The molecule has 0 aliphatic carbocycles. The van der Waals surface area contributed by atoms with Gasteiger partial charge in [0.15, 0.2) is 0 Å². The van der Waals surface area contributed by atoms with E-state index in [-0.39, 0.29) is 0 Å². The van der Waals surface area contributed by atoms with Crippen LogP contribution in [0.1, 0.15) is 18.2 Å². The molecule has 1 heterocycles. The lowest BCUT2D eigenvalue weighted by Gasteiger charge is -2.08. The van der Waals surface area contributed by atoms with E-state index in [2.05, 4.69) is 17.3 Å². The van der Waals surface area contributed by atoms with Gasteiger partial charge in [0.2, 0.25) is 0 Å². The van der Waals surface area contributed by atoms with E-state index in [1.165, 1.54) is 5.56 Å². The van der Waals surface area contributed by atoms with Crippen LogP contribution in [0.4, 0.5) is 5.82 Å². The van der Waals surface area contributed by atoms with Crippen molar-refractivity contribution >= 4 is 17.6 Å². The van der Waals surface area contributed by atoms with Crippen LogP contribution < -0.4 is 5.32 Å². The molecule has 0 spiro atoms. The zero-order valence-corrected chi connectivity index (χ0v) is 12.3. The molecule has 0 aliphatic rings. The lowest BCUT2D eigenvalue weighted by Crippen LogP contribution is -2.05. The monoisotopic (exact) mass is 277 g/mol. The first-order chi connectivity index (χ1) is 9.11. The van der Waals surface area contributed by atoms with Crippen LogP contribution in [0.15, 0.2) is 29.2 Å². The topological polar surface area (TPSA) is 50.1 Å². The summed E-state index contributed by atoms with van der Waals surface area (Å²) in [5.41, 5.74) is 2.30. The van der Waals surface area contributed by atoms with Gasteiger partial charge in [-0.2, -0.15) is 5.10 Å². The number of phenolic OH excluding ortho intramolecular Hbond substituents is 1. The Hall–Kier alpha value is -1.62. The molecule has 1 aromatic heterocycles. The van der Waals surface area contributed by atoms with Crippen LogP contribution in [0, 0.1) is 6.92 Å². The molecule has 0 saturated carbocycles. The molecule has 2 rings (SSSR count). The number of hydrogen-bond donors (Lipinski definition) is 2. The molecule has 19 heavy (non-hydrogen) atoms. The number of nitrogens with one attached hydrogen (secondary N) is 1. The maximum atomic E-state index is 9.27. The number of aromatic nitrogens is 2. The van der Waals surface area contributed by atoms with E-state index >= 15 is 0 Å². The third-order valence-electron chi connectivity index (χ3n) is 2.91. The SMILES string of the molecule is CCNc1c(CSc2ccc(O)cc2)c(C)nn1C. The van der Waals surface area contributed by atoms with E-state index in [1.807, 2.05) is 30.8 Å². The second-order valence-electron chi connectivity index (χ2n) is 4.35. The molecule has 2 aromatic rings. The van der Waals surface area contributed by atoms with Crippen molar-refractivity contribution in [3.8, 4) is 5.75 Å². The van der Waals surface area contributed by atoms with Gasteiger partial charge in [-0.3, -0.25) is 4.68 Å². The van der Waals surface area contributed by atoms with Crippen LogP contribution in [0.5, 0.6) is 5.75 Å². The molecule has 0 radical (unpaired) electrons. The minimum absolute atomic E-state index is 0.301. The number of anilines is 1. The minimum atomic E-state index is 0.301. The molecule has 0 saturated heterocycles. The molecule has 0 atom stereocenters. The van der Waals surface area contributed by atoms with Crippen LogP contribution >= 0.6 is 11.8 Å². The number of benzene rings is 1. The van der Waals surface area contributed by atoms with Crippen molar-refractivity contribution in [1.82, 2.24) is 9.78 Å². The van der Waals surface area contributed by atoms with E-state index in [9.17, 15) is 5.11 Å². The average Bonchev–Trinajstić information content (AvgIpc) is 2.65. The number of thioether (sulfide) groups is 1. The highest BCUT2D eigenvalue weighted by Gasteiger charge is 2.12. The maximum absolute atomic E-state index is 9.27. The Kier molecular flexibility index (Phi) is 4.37. The van der Waals surface area contributed by atoms with Gasteiger partial charge < -0.3 is 10.4 Å². The molecule has 0 aliphatic heterocycles. The predicted octanol–water partition coefficient (Wildman–Crippen LogP) is 3.16. The second kappa shape index (κ2) is 6.02. The van der Waals surface area contributed by atoms with Gasteiger partial charge in [-0.25, -0.2) is 0 Å². The molecule has 0 fully saturated rings. The predicted molar refractivity (Wildman–Crippen MR) is 79.8 cm³/mol. The van der Waals surface area contributed by atoms with Crippen molar-refractivity contribution in [3.63, 3.8) is 0 Å². The Labute approximate surface area is 117 Å². The van der Waals surface area contributed by atoms with E-state index in [0.29, 0.717) is 5.75 Å². The molecule has 4 nitrogen and oxygen atoms in total. The van der Waals surface area contributed by atoms with Crippen molar-refractivity contribution in [3.05, 3.63) is 35.5 Å². The normalized spacial score (nSPS) is 10.7. The van der Waals surface area contributed by atoms with Gasteiger partial charge >= 0.3 is 0 Å². The molecule has 5 heteroatoms. The Bertz CT molecular complexity index is 549. The van der Waals surface area contributed by atoms with E-state index < -0.39 is 0 Å². The number of rotatable bonds is 5. The maximum Gasteiger partial charge on any atom is 0.128 e. The molecule has 2 N–H and O–H groups in total. The van der Waals surface area contributed by atoms with Crippen LogP contribution in [-0.4, -0.2) is 21.4 Å². The molecular formula is C14H19N3OS. The largest absolute Gasteiger partial charge is 0.508 e. The lowest BCUT2D eigenvalue weighted by molar-refractivity contribution is 0.475. The first-order valence-electron chi connectivity index (χ1n) is 6.30. The Morgan fingerprint density at radius 1 is 1.32 bits per heavy atom. The highest BCUT2D eigenvalue weighted by Crippen LogP contribution is 2.29. The van der Waals surface area contributed by atoms with Crippen LogP contribution in [0.3, 0.4) is 0 Å². The van der Waals surface area contributed by atoms with Crippen molar-refractivity contribution in [2.45, 2.75) is 24.5 Å². The van der Waals surface area contributed by atoms with Gasteiger partial charge in [0.05, 0.1) is 5.69 Å². The quantitative estimate of drug-likeness (QED) is 0.824. The highest BCUT2D eigenvalue weighted by molar-refractivity contribution is 7.98. The minimum Gasteiger partial charge on any atom is -0.508 e. The second-order valence-corrected chi connectivity index (χ2v) is 5.40. The summed E-state index contributed by atoms with van der Waals surface area (Å²) in [6.07, 6.45) is 0. The first kappa shape index (κ1) is 13.8. The first-order valence-corrected chi connectivity index (χ1v) is 7.28. The van der Waals surface area contributed by atoms with Crippen molar-refractivity contribution in [1.29, 1.82) is 0 Å². The smallest absolute Gasteiger partial charge is 0.128 e. The van der Waals surface area contributed by atoms with Gasteiger partial charge in [-0.05, 0) is 38.1 Å². The highest BCUT2D eigenvalue weighted by atomic mass is 32.2. The van der Waals surface area contributed by atoms with Gasteiger partial charge in [-0.1, -0.05) is 0 Å². The Balaban J connectivity index is 2.12. The standard InChI is InChI=1S/C14H19N3OS/c1-4-15-14-13(10(2)16-17(14)3)9-19-12-7-5-11(18)6-8-12/h5-8,15,18H,4,9H2,1-3H3. The van der Waals surface area contributed by atoms with Crippen LogP contribution in [-0.2, 0) is 12.8 Å². The molecule has 1 aromatic carbocycles. The zero-order chi connectivity index (χ0) is 13.8. The number of aromatic hydroxyl groups is 1.